The molecule has 9 nitrogen and oxygen atoms in total. The standard InChI is InChI=1S/C12H18N2O5.2Hg.2Na.2H2O/c1-7(18-3)5-9-10(15)13-12(17)14(11(9)16)6-8(2)19-4;;;;;;/h7-8,15H,1-2,5-6H2,3-4H3,(H,13,17);;;;;2*1H2/q-2;2*+2;;+1;;/p-3. The van der Waals surface area contributed by atoms with Gasteiger partial charge in [0.05, 0.1) is 6.01 Å². The van der Waals surface area contributed by atoms with Crippen LogP contribution in [0.5, 0.6) is 11.9 Å². The quantitative estimate of drug-likeness (QED) is 0.207. The summed E-state index contributed by atoms with van der Waals surface area (Å²) in [5, 5.41) is 23.1. The molecule has 0 bridgehead atoms. The Morgan fingerprint density at radius 3 is 2.00 bits per heavy atom. The summed E-state index contributed by atoms with van der Waals surface area (Å²) < 4.78 is 10.6. The summed E-state index contributed by atoms with van der Waals surface area (Å²) in [5.74, 6) is -0.838. The molecule has 0 saturated heterocycles. The summed E-state index contributed by atoms with van der Waals surface area (Å²) >= 11 is 0. The summed E-state index contributed by atoms with van der Waals surface area (Å²) in [4.78, 5) is 15.4. The molecule has 0 aliphatic rings. The second kappa shape index (κ2) is 20.9. The minimum Gasteiger partial charge on any atom is -0.870 e. The maximum atomic E-state index is 12.1. The second-order valence-corrected chi connectivity index (χ2v) is 4.01. The van der Waals surface area contributed by atoms with Gasteiger partial charge in [0.2, 0.25) is 0 Å². The van der Waals surface area contributed by atoms with Crippen molar-refractivity contribution in [3.8, 4) is 11.9 Å². The SMILES string of the molecule is O.[CH2-]C(Cc1c([O-])nc([O-])n(CC([CH2-])OC)c1=O)OC.[Hg+2].[Hg+2].[Na+].[Na].[OH-]. The van der Waals surface area contributed by atoms with E-state index >= 15 is 0 Å². The third kappa shape index (κ3) is 13.1. The molecule has 125 valence electrons. The van der Waals surface area contributed by atoms with Crippen molar-refractivity contribution in [1.82, 2.24) is 9.55 Å². The smallest absolute Gasteiger partial charge is 0.870 e. The van der Waals surface area contributed by atoms with Crippen molar-refractivity contribution in [2.75, 3.05) is 14.2 Å². The Balaban J connectivity index is -0.000000150. The molecule has 0 aliphatic carbocycles. The monoisotopic (exact) mass is 753 g/mol. The van der Waals surface area contributed by atoms with Crippen molar-refractivity contribution in [2.24, 2.45) is 0 Å². The van der Waals surface area contributed by atoms with Crippen LogP contribution < -0.4 is 45.3 Å². The molecule has 1 aromatic heterocycles. The molecule has 25 heavy (non-hydrogen) atoms. The van der Waals surface area contributed by atoms with E-state index in [0.717, 1.165) is 4.57 Å². The van der Waals surface area contributed by atoms with E-state index in [-0.39, 0.29) is 144 Å². The Labute approximate surface area is 232 Å². The number of hydrogen-bond donors (Lipinski definition) is 0. The van der Waals surface area contributed by atoms with Crippen LogP contribution in [0, 0.1) is 13.8 Å². The maximum Gasteiger partial charge on any atom is 2.00 e. The molecule has 0 aliphatic heterocycles. The minimum atomic E-state index is -0.900. The fraction of sp³-hybridized carbons (Fsp3) is 0.500. The molecule has 2 unspecified atom stereocenters. The third-order valence-electron chi connectivity index (χ3n) is 2.67. The first-order chi connectivity index (χ1) is 8.90. The summed E-state index contributed by atoms with van der Waals surface area (Å²) in [6.45, 7) is 7.14. The number of hydrogen-bond acceptors (Lipinski definition) is 7. The summed E-state index contributed by atoms with van der Waals surface area (Å²) in [6.07, 6.45) is -1.15. The van der Waals surface area contributed by atoms with E-state index in [9.17, 15) is 15.0 Å². The Morgan fingerprint density at radius 2 is 1.60 bits per heavy atom. The van der Waals surface area contributed by atoms with Crippen molar-refractivity contribution in [3.63, 3.8) is 0 Å². The van der Waals surface area contributed by atoms with Gasteiger partial charge in [0, 0.05) is 55.9 Å². The van der Waals surface area contributed by atoms with Crippen LogP contribution in [-0.4, -0.2) is 76.5 Å². The minimum absolute atomic E-state index is 0. The van der Waals surface area contributed by atoms with Crippen LogP contribution in [0.3, 0.4) is 0 Å². The van der Waals surface area contributed by atoms with Crippen molar-refractivity contribution >= 4 is 29.6 Å². The van der Waals surface area contributed by atoms with E-state index in [1.54, 1.807) is 0 Å². The van der Waals surface area contributed by atoms with Crippen LogP contribution in [0.25, 0.3) is 0 Å². The molecule has 3 N–H and O–H groups in total. The van der Waals surface area contributed by atoms with Gasteiger partial charge in [-0.25, -0.2) is 0 Å². The first kappa shape index (κ1) is 41.5. The summed E-state index contributed by atoms with van der Waals surface area (Å²) in [5.41, 5.74) is -0.814. The molecule has 0 spiro atoms. The first-order valence-corrected chi connectivity index (χ1v) is 5.60. The van der Waals surface area contributed by atoms with Gasteiger partial charge in [-0.05, 0) is 18.4 Å². The van der Waals surface area contributed by atoms with Gasteiger partial charge in [-0.3, -0.25) is 9.78 Å². The van der Waals surface area contributed by atoms with Crippen LogP contribution in [0.15, 0.2) is 4.79 Å². The summed E-state index contributed by atoms with van der Waals surface area (Å²) in [6, 6.07) is -0.900. The molecule has 1 heterocycles. The third-order valence-corrected chi connectivity index (χ3v) is 2.67. The van der Waals surface area contributed by atoms with Crippen molar-refractivity contribution < 1.29 is 116 Å². The number of nitrogens with zero attached hydrogens (tertiary/aromatic N) is 2. The van der Waals surface area contributed by atoms with Gasteiger partial charge in [-0.15, -0.1) is 0 Å². The Hall–Kier alpha value is 2.19. The Kier molecular flexibility index (Phi) is 34.7. The predicted octanol–water partition coefficient (Wildman–Crippen LogP) is -5.75. The van der Waals surface area contributed by atoms with E-state index in [2.05, 4.69) is 18.8 Å². The zero-order valence-electron chi connectivity index (χ0n) is 15.3. The van der Waals surface area contributed by atoms with Crippen LogP contribution >= 0.6 is 0 Å². The van der Waals surface area contributed by atoms with E-state index in [1.807, 2.05) is 0 Å². The van der Waals surface area contributed by atoms with Gasteiger partial charge in [0.25, 0.3) is 5.56 Å². The molecule has 13 heteroatoms. The molecule has 0 aromatic carbocycles. The molecule has 1 aromatic rings. The van der Waals surface area contributed by atoms with Gasteiger partial charge in [-0.1, -0.05) is 6.10 Å². The molecule has 1 rings (SSSR count). The average molecular weight is 750 g/mol. The van der Waals surface area contributed by atoms with E-state index in [4.69, 9.17) is 9.47 Å². The topological polar surface area (TPSA) is 161 Å². The second-order valence-electron chi connectivity index (χ2n) is 4.01. The molecule has 0 saturated carbocycles. The predicted molar refractivity (Wildman–Crippen MR) is 74.7 cm³/mol. The van der Waals surface area contributed by atoms with Gasteiger partial charge in [-0.2, -0.15) is 0 Å². The first-order valence-electron chi connectivity index (χ1n) is 5.60. The summed E-state index contributed by atoms with van der Waals surface area (Å²) in [7, 11) is 2.81. The number of aromatic nitrogens is 2. The van der Waals surface area contributed by atoms with Crippen molar-refractivity contribution in [3.05, 3.63) is 29.8 Å². The van der Waals surface area contributed by atoms with E-state index in [0.29, 0.717) is 0 Å². The zero-order valence-corrected chi connectivity index (χ0v) is 30.3. The van der Waals surface area contributed by atoms with Crippen molar-refractivity contribution in [2.45, 2.75) is 25.2 Å². The zero-order chi connectivity index (χ0) is 14.6. The van der Waals surface area contributed by atoms with Crippen LogP contribution in [0.1, 0.15) is 5.56 Å². The van der Waals surface area contributed by atoms with Gasteiger partial charge in [0.15, 0.2) is 0 Å². The molecular weight excluding hydrogens is 731 g/mol. The van der Waals surface area contributed by atoms with E-state index in [1.165, 1.54) is 14.2 Å². The maximum absolute atomic E-state index is 12.1. The van der Waals surface area contributed by atoms with Gasteiger partial charge < -0.3 is 49.1 Å². The molecule has 0 fully saturated rings. The fourth-order valence-corrected chi connectivity index (χ4v) is 1.48. The fourth-order valence-electron chi connectivity index (χ4n) is 1.48. The number of rotatable bonds is 6. The molecular formula is C12H19Hg2N2Na2O7. The average Bonchev–Trinajstić information content (AvgIpc) is 2.38. The van der Waals surface area contributed by atoms with Crippen LogP contribution in [0.2, 0.25) is 0 Å². The Morgan fingerprint density at radius 1 is 1.16 bits per heavy atom. The van der Waals surface area contributed by atoms with E-state index < -0.39 is 29.7 Å². The van der Waals surface area contributed by atoms with Gasteiger partial charge in [0.1, 0.15) is 0 Å². The number of methoxy groups -OCH3 is 2. The van der Waals surface area contributed by atoms with Crippen molar-refractivity contribution in [1.29, 1.82) is 0 Å². The van der Waals surface area contributed by atoms with Crippen LogP contribution in [-0.2, 0) is 77.8 Å². The molecule has 0 amide bonds. The normalized spacial score (nSPS) is 10.9. The largest absolute Gasteiger partial charge is 2.00 e. The van der Waals surface area contributed by atoms with Gasteiger partial charge >= 0.3 is 84.9 Å². The number of ether oxygens (including phenoxy) is 2. The van der Waals surface area contributed by atoms with Crippen LogP contribution in [0.4, 0.5) is 0 Å². The Bertz CT molecular complexity index is 470. The molecule has 2 atom stereocenters. The molecule has 1 radical (unpaired) electrons.